The summed E-state index contributed by atoms with van der Waals surface area (Å²) in [4.78, 5) is 19.6. The molecule has 0 atom stereocenters. The first-order valence-corrected chi connectivity index (χ1v) is 7.51. The van der Waals surface area contributed by atoms with Gasteiger partial charge in [0.1, 0.15) is 5.82 Å². The van der Waals surface area contributed by atoms with Crippen molar-refractivity contribution in [3.05, 3.63) is 41.3 Å². The zero-order chi connectivity index (χ0) is 15.5. The third kappa shape index (κ3) is 2.90. The first-order valence-electron chi connectivity index (χ1n) is 7.51. The molecule has 0 spiro atoms. The molecule has 0 bridgehead atoms. The molecule has 1 saturated heterocycles. The van der Waals surface area contributed by atoms with Crippen molar-refractivity contribution in [1.82, 2.24) is 9.97 Å². The molecule has 1 aromatic carbocycles. The van der Waals surface area contributed by atoms with Crippen LogP contribution in [0.3, 0.4) is 0 Å². The summed E-state index contributed by atoms with van der Waals surface area (Å²) in [5.41, 5.74) is 3.55. The largest absolute Gasteiger partial charge is 0.465 e. The fraction of sp³-hybridized carbons (Fsp3) is 0.412. The van der Waals surface area contributed by atoms with Gasteiger partial charge in [-0.25, -0.2) is 9.78 Å². The average Bonchev–Trinajstić information content (AvgIpc) is 3.05. The van der Waals surface area contributed by atoms with Crippen molar-refractivity contribution < 1.29 is 14.3 Å². The van der Waals surface area contributed by atoms with E-state index in [4.69, 9.17) is 9.47 Å². The van der Waals surface area contributed by atoms with Gasteiger partial charge in [0.25, 0.3) is 0 Å². The van der Waals surface area contributed by atoms with Gasteiger partial charge in [0.2, 0.25) is 0 Å². The van der Waals surface area contributed by atoms with Crippen LogP contribution in [0.2, 0.25) is 0 Å². The lowest BCUT2D eigenvalue weighted by atomic mass is 10.00. The minimum Gasteiger partial charge on any atom is -0.465 e. The van der Waals surface area contributed by atoms with E-state index in [2.05, 4.69) is 9.97 Å². The molecule has 5 nitrogen and oxygen atoms in total. The van der Waals surface area contributed by atoms with E-state index >= 15 is 0 Å². The Balaban J connectivity index is 1.90. The van der Waals surface area contributed by atoms with E-state index < -0.39 is 0 Å². The van der Waals surface area contributed by atoms with E-state index in [1.165, 1.54) is 7.11 Å². The number of nitrogens with one attached hydrogen (secondary N) is 1. The van der Waals surface area contributed by atoms with Crippen LogP contribution in [0, 0.1) is 6.92 Å². The Morgan fingerprint density at radius 1 is 1.36 bits per heavy atom. The Hall–Kier alpha value is -2.14. The van der Waals surface area contributed by atoms with E-state index in [-0.39, 0.29) is 5.97 Å². The highest BCUT2D eigenvalue weighted by molar-refractivity contribution is 5.91. The molecule has 2 aromatic rings. The van der Waals surface area contributed by atoms with Crippen LogP contribution in [0.5, 0.6) is 0 Å². The molecule has 1 aromatic heterocycles. The van der Waals surface area contributed by atoms with Crippen molar-refractivity contribution in [1.29, 1.82) is 0 Å². The predicted octanol–water partition coefficient (Wildman–Crippen LogP) is 3.07. The molecule has 0 aliphatic carbocycles. The van der Waals surface area contributed by atoms with Gasteiger partial charge in [-0.2, -0.15) is 0 Å². The van der Waals surface area contributed by atoms with Gasteiger partial charge in [0, 0.05) is 24.7 Å². The van der Waals surface area contributed by atoms with Crippen molar-refractivity contribution in [3.63, 3.8) is 0 Å². The maximum absolute atomic E-state index is 11.7. The average molecular weight is 300 g/mol. The number of rotatable bonds is 3. The Kier molecular flexibility index (Phi) is 4.24. The molecule has 0 saturated carbocycles. The molecule has 22 heavy (non-hydrogen) atoms. The van der Waals surface area contributed by atoms with Crippen LogP contribution in [-0.2, 0) is 9.47 Å². The maximum atomic E-state index is 11.7. The molecule has 0 amide bonds. The summed E-state index contributed by atoms with van der Waals surface area (Å²) in [5.74, 6) is 1.10. The van der Waals surface area contributed by atoms with Crippen LogP contribution in [0.15, 0.2) is 24.4 Å². The van der Waals surface area contributed by atoms with Crippen LogP contribution in [0.4, 0.5) is 0 Å². The van der Waals surface area contributed by atoms with Crippen LogP contribution in [-0.4, -0.2) is 36.3 Å². The van der Waals surface area contributed by atoms with E-state index in [0.717, 1.165) is 48.7 Å². The highest BCUT2D eigenvalue weighted by Crippen LogP contribution is 2.28. The van der Waals surface area contributed by atoms with Gasteiger partial charge < -0.3 is 14.5 Å². The number of H-pyrrole nitrogens is 1. The minimum atomic E-state index is -0.328. The van der Waals surface area contributed by atoms with Crippen molar-refractivity contribution in [3.8, 4) is 11.3 Å². The van der Waals surface area contributed by atoms with Crippen molar-refractivity contribution >= 4 is 5.97 Å². The number of aromatic nitrogens is 2. The standard InChI is InChI=1S/C17H20N2O3/c1-11-3-4-13(17(20)21-2)9-14(11)15-10-18-16(19-15)12-5-7-22-8-6-12/h3-4,9-10,12H,5-8H2,1-2H3,(H,18,19). The molecule has 2 heterocycles. The van der Waals surface area contributed by atoms with Gasteiger partial charge in [-0.15, -0.1) is 0 Å². The SMILES string of the molecule is COC(=O)c1ccc(C)c(-c2cnc(C3CCOCC3)[nH]2)c1. The maximum Gasteiger partial charge on any atom is 0.337 e. The summed E-state index contributed by atoms with van der Waals surface area (Å²) < 4.78 is 10.2. The normalized spacial score (nSPS) is 15.7. The first-order chi connectivity index (χ1) is 10.7. The number of carbonyl (C=O) groups excluding carboxylic acids is 1. The van der Waals surface area contributed by atoms with Gasteiger partial charge in [0.05, 0.1) is 24.6 Å². The smallest absolute Gasteiger partial charge is 0.337 e. The fourth-order valence-corrected chi connectivity index (χ4v) is 2.81. The zero-order valence-corrected chi connectivity index (χ0v) is 12.9. The highest BCUT2D eigenvalue weighted by Gasteiger charge is 2.19. The lowest BCUT2D eigenvalue weighted by Crippen LogP contribution is -2.15. The second kappa shape index (κ2) is 6.32. The van der Waals surface area contributed by atoms with Crippen molar-refractivity contribution in [2.75, 3.05) is 20.3 Å². The zero-order valence-electron chi connectivity index (χ0n) is 12.9. The number of carbonyl (C=O) groups is 1. The Morgan fingerprint density at radius 2 is 2.14 bits per heavy atom. The summed E-state index contributed by atoms with van der Waals surface area (Å²) >= 11 is 0. The summed E-state index contributed by atoms with van der Waals surface area (Å²) in [6.45, 7) is 3.60. The molecule has 0 radical (unpaired) electrons. The summed E-state index contributed by atoms with van der Waals surface area (Å²) in [7, 11) is 1.39. The van der Waals surface area contributed by atoms with Gasteiger partial charge >= 0.3 is 5.97 Å². The predicted molar refractivity (Wildman–Crippen MR) is 82.9 cm³/mol. The second-order valence-electron chi connectivity index (χ2n) is 5.59. The topological polar surface area (TPSA) is 64.2 Å². The lowest BCUT2D eigenvalue weighted by molar-refractivity contribution is 0.0601. The molecule has 0 unspecified atom stereocenters. The van der Waals surface area contributed by atoms with Gasteiger partial charge in [0.15, 0.2) is 0 Å². The van der Waals surface area contributed by atoms with E-state index in [9.17, 15) is 4.79 Å². The third-order valence-corrected chi connectivity index (χ3v) is 4.15. The molecule has 1 aliphatic rings. The number of hydrogen-bond donors (Lipinski definition) is 1. The first kappa shape index (κ1) is 14.8. The van der Waals surface area contributed by atoms with Crippen molar-refractivity contribution in [2.45, 2.75) is 25.7 Å². The molecule has 1 fully saturated rings. The summed E-state index contributed by atoms with van der Waals surface area (Å²) in [5, 5.41) is 0. The van der Waals surface area contributed by atoms with Crippen LogP contribution in [0.1, 0.15) is 40.5 Å². The number of nitrogens with zero attached hydrogens (tertiary/aromatic N) is 1. The van der Waals surface area contributed by atoms with E-state index in [1.54, 1.807) is 6.07 Å². The van der Waals surface area contributed by atoms with Gasteiger partial charge in [-0.3, -0.25) is 0 Å². The molecule has 3 rings (SSSR count). The monoisotopic (exact) mass is 300 g/mol. The van der Waals surface area contributed by atoms with E-state index in [0.29, 0.717) is 11.5 Å². The second-order valence-corrected chi connectivity index (χ2v) is 5.59. The molecular formula is C17H20N2O3. The number of benzene rings is 1. The summed E-state index contributed by atoms with van der Waals surface area (Å²) in [6.07, 6.45) is 3.83. The van der Waals surface area contributed by atoms with Gasteiger partial charge in [-0.1, -0.05) is 6.07 Å². The Labute approximate surface area is 129 Å². The molecule has 116 valence electrons. The van der Waals surface area contributed by atoms with Crippen molar-refractivity contribution in [2.24, 2.45) is 0 Å². The highest BCUT2D eigenvalue weighted by atomic mass is 16.5. The van der Waals surface area contributed by atoms with E-state index in [1.807, 2.05) is 25.3 Å². The minimum absolute atomic E-state index is 0.328. The Morgan fingerprint density at radius 3 is 2.86 bits per heavy atom. The molecule has 1 N–H and O–H groups in total. The number of methoxy groups -OCH3 is 1. The van der Waals surface area contributed by atoms with Crippen LogP contribution in [0.25, 0.3) is 11.3 Å². The third-order valence-electron chi connectivity index (χ3n) is 4.15. The molecular weight excluding hydrogens is 280 g/mol. The number of esters is 1. The molecule has 5 heteroatoms. The number of hydrogen-bond acceptors (Lipinski definition) is 4. The summed E-state index contributed by atoms with van der Waals surface area (Å²) in [6, 6.07) is 5.55. The van der Waals surface area contributed by atoms with Crippen LogP contribution < -0.4 is 0 Å². The fourth-order valence-electron chi connectivity index (χ4n) is 2.81. The quantitative estimate of drug-likeness (QED) is 0.885. The Bertz CT molecular complexity index is 672. The molecule has 1 aliphatic heterocycles. The van der Waals surface area contributed by atoms with Crippen LogP contribution >= 0.6 is 0 Å². The van der Waals surface area contributed by atoms with Gasteiger partial charge in [-0.05, 0) is 37.5 Å². The number of aryl methyl sites for hydroxylation is 1. The number of ether oxygens (including phenoxy) is 2. The number of aromatic amines is 1. The number of imidazole rings is 1. The lowest BCUT2D eigenvalue weighted by Gasteiger charge is -2.19.